The van der Waals surface area contributed by atoms with Gasteiger partial charge in [-0.15, -0.1) is 35.3 Å². The molecule has 0 amide bonds. The van der Waals surface area contributed by atoms with E-state index in [2.05, 4.69) is 56.7 Å². The summed E-state index contributed by atoms with van der Waals surface area (Å²) < 4.78 is 0. The van der Waals surface area contributed by atoms with E-state index in [1.807, 2.05) is 18.0 Å². The Bertz CT molecular complexity index is 696. The van der Waals surface area contributed by atoms with Gasteiger partial charge in [-0.05, 0) is 24.6 Å². The van der Waals surface area contributed by atoms with Crippen molar-refractivity contribution in [3.63, 3.8) is 0 Å². The molecule has 1 aromatic heterocycles. The molecule has 0 spiro atoms. The third kappa shape index (κ3) is 6.31. The molecule has 26 heavy (non-hydrogen) atoms. The summed E-state index contributed by atoms with van der Waals surface area (Å²) in [7, 11) is 1.79. The quantitative estimate of drug-likeness (QED) is 0.372. The monoisotopic (exact) mass is 503 g/mol. The van der Waals surface area contributed by atoms with Gasteiger partial charge >= 0.3 is 0 Å². The topological polar surface area (TPSA) is 52.6 Å². The van der Waals surface area contributed by atoms with Crippen LogP contribution >= 0.6 is 47.1 Å². The van der Waals surface area contributed by atoms with Crippen molar-refractivity contribution in [1.29, 1.82) is 0 Å². The summed E-state index contributed by atoms with van der Waals surface area (Å²) in [4.78, 5) is 12.3. The lowest BCUT2D eigenvalue weighted by Gasteiger charge is -2.28. The molecule has 2 heterocycles. The Balaban J connectivity index is 0.00000243. The fraction of sp³-hybridized carbons (Fsp3) is 0.444. The van der Waals surface area contributed by atoms with Crippen LogP contribution in [0.2, 0.25) is 0 Å². The number of aryl methyl sites for hydroxylation is 1. The number of aliphatic imine (C=N–C) groups is 1. The van der Waals surface area contributed by atoms with Gasteiger partial charge in [-0.25, -0.2) is 4.98 Å². The van der Waals surface area contributed by atoms with Crippen molar-refractivity contribution >= 4 is 58.7 Å². The SMILES string of the molecule is CN=C(NCc1ccc(N2CCSCC2)cc1)NCc1ncc(C)s1.I. The van der Waals surface area contributed by atoms with Gasteiger partial charge in [0.05, 0.1) is 6.54 Å². The van der Waals surface area contributed by atoms with Crippen LogP contribution in [0.15, 0.2) is 35.5 Å². The maximum Gasteiger partial charge on any atom is 0.191 e. The average Bonchev–Trinajstić information content (AvgIpc) is 3.08. The van der Waals surface area contributed by atoms with E-state index in [1.54, 1.807) is 18.4 Å². The number of benzene rings is 1. The second-order valence-corrected chi connectivity index (χ2v) is 8.45. The maximum atomic E-state index is 4.36. The zero-order valence-electron chi connectivity index (χ0n) is 15.2. The Hall–Kier alpha value is -1.00. The van der Waals surface area contributed by atoms with Gasteiger partial charge in [0, 0.05) is 54.9 Å². The maximum absolute atomic E-state index is 4.36. The fourth-order valence-electron chi connectivity index (χ4n) is 2.70. The molecule has 1 aliphatic rings. The van der Waals surface area contributed by atoms with Crippen LogP contribution < -0.4 is 15.5 Å². The van der Waals surface area contributed by atoms with E-state index in [-0.39, 0.29) is 24.0 Å². The van der Waals surface area contributed by atoms with Crippen LogP contribution in [0, 0.1) is 6.92 Å². The van der Waals surface area contributed by atoms with E-state index in [0.29, 0.717) is 6.54 Å². The summed E-state index contributed by atoms with van der Waals surface area (Å²) in [5.74, 6) is 3.25. The number of hydrogen-bond donors (Lipinski definition) is 2. The standard InChI is InChI=1S/C18H25N5S2.HI/c1-14-11-20-17(25-14)13-22-18(19-2)21-12-15-3-5-16(6-4-15)23-7-9-24-10-8-23;/h3-6,11H,7-10,12-13H2,1-2H3,(H2,19,21,22);1H. The molecular weight excluding hydrogens is 477 g/mol. The van der Waals surface area contributed by atoms with Gasteiger partial charge in [0.2, 0.25) is 0 Å². The van der Waals surface area contributed by atoms with Crippen molar-refractivity contribution in [2.75, 3.05) is 36.5 Å². The predicted octanol–water partition coefficient (Wildman–Crippen LogP) is 3.49. The number of rotatable bonds is 5. The lowest BCUT2D eigenvalue weighted by atomic mass is 10.2. The van der Waals surface area contributed by atoms with Crippen LogP contribution in [-0.4, -0.2) is 42.6 Å². The van der Waals surface area contributed by atoms with Crippen molar-refractivity contribution < 1.29 is 0 Å². The second kappa shape index (κ2) is 11.0. The molecule has 0 atom stereocenters. The lowest BCUT2D eigenvalue weighted by molar-refractivity contribution is 0.804. The van der Waals surface area contributed by atoms with E-state index in [4.69, 9.17) is 0 Å². The predicted molar refractivity (Wildman–Crippen MR) is 125 cm³/mol. The van der Waals surface area contributed by atoms with Gasteiger partial charge in [-0.2, -0.15) is 11.8 Å². The average molecular weight is 503 g/mol. The normalized spacial score (nSPS) is 14.7. The van der Waals surface area contributed by atoms with E-state index < -0.39 is 0 Å². The number of aromatic nitrogens is 1. The Morgan fingerprint density at radius 3 is 2.46 bits per heavy atom. The first-order valence-corrected chi connectivity index (χ1v) is 10.5. The summed E-state index contributed by atoms with van der Waals surface area (Å²) in [6, 6.07) is 8.84. The Kier molecular flexibility index (Phi) is 9.00. The summed E-state index contributed by atoms with van der Waals surface area (Å²) in [5.41, 5.74) is 2.58. The zero-order valence-corrected chi connectivity index (χ0v) is 19.2. The molecular formula is C18H26IN5S2. The highest BCUT2D eigenvalue weighted by atomic mass is 127. The number of hydrogen-bond acceptors (Lipinski definition) is 5. The minimum atomic E-state index is 0. The van der Waals surface area contributed by atoms with E-state index in [0.717, 1.165) is 30.6 Å². The number of halogens is 1. The Labute approximate surface area is 181 Å². The van der Waals surface area contributed by atoms with Gasteiger partial charge in [0.25, 0.3) is 0 Å². The molecule has 0 saturated carbocycles. The van der Waals surface area contributed by atoms with Crippen LogP contribution in [0.5, 0.6) is 0 Å². The number of guanidine groups is 1. The van der Waals surface area contributed by atoms with Crippen LogP contribution in [-0.2, 0) is 13.1 Å². The Morgan fingerprint density at radius 2 is 1.85 bits per heavy atom. The highest BCUT2D eigenvalue weighted by Gasteiger charge is 2.10. The Morgan fingerprint density at radius 1 is 1.15 bits per heavy atom. The van der Waals surface area contributed by atoms with Crippen LogP contribution in [0.4, 0.5) is 5.69 Å². The molecule has 0 aliphatic carbocycles. The van der Waals surface area contributed by atoms with Crippen molar-refractivity contribution in [2.45, 2.75) is 20.0 Å². The molecule has 1 aliphatic heterocycles. The van der Waals surface area contributed by atoms with Crippen molar-refractivity contribution in [3.05, 3.63) is 45.9 Å². The summed E-state index contributed by atoms with van der Waals surface area (Å²) in [6.07, 6.45) is 1.90. The molecule has 0 radical (unpaired) electrons. The first-order chi connectivity index (χ1) is 12.2. The molecule has 8 heteroatoms. The van der Waals surface area contributed by atoms with Gasteiger partial charge in [-0.3, -0.25) is 4.99 Å². The number of nitrogens with one attached hydrogen (secondary N) is 2. The van der Waals surface area contributed by atoms with Crippen LogP contribution in [0.3, 0.4) is 0 Å². The fourth-order valence-corrected chi connectivity index (χ4v) is 4.32. The smallest absolute Gasteiger partial charge is 0.191 e. The molecule has 0 bridgehead atoms. The molecule has 1 aromatic carbocycles. The molecule has 3 rings (SSSR count). The van der Waals surface area contributed by atoms with Crippen LogP contribution in [0.25, 0.3) is 0 Å². The molecule has 5 nitrogen and oxygen atoms in total. The van der Waals surface area contributed by atoms with Gasteiger partial charge in [0.15, 0.2) is 5.96 Å². The number of thioether (sulfide) groups is 1. The largest absolute Gasteiger partial charge is 0.370 e. The highest BCUT2D eigenvalue weighted by molar-refractivity contribution is 14.0. The molecule has 142 valence electrons. The third-order valence-corrected chi connectivity index (χ3v) is 5.93. The lowest BCUT2D eigenvalue weighted by Crippen LogP contribution is -2.36. The summed E-state index contributed by atoms with van der Waals surface area (Å²) >= 11 is 3.75. The van der Waals surface area contributed by atoms with Gasteiger partial charge in [-0.1, -0.05) is 12.1 Å². The van der Waals surface area contributed by atoms with Crippen LogP contribution in [0.1, 0.15) is 15.4 Å². The van der Waals surface area contributed by atoms with E-state index in [9.17, 15) is 0 Å². The molecule has 2 aromatic rings. The number of thiazole rings is 1. The number of nitrogens with zero attached hydrogens (tertiary/aromatic N) is 3. The van der Waals surface area contributed by atoms with Gasteiger partial charge in [0.1, 0.15) is 5.01 Å². The minimum Gasteiger partial charge on any atom is -0.370 e. The van der Waals surface area contributed by atoms with Crippen molar-refractivity contribution in [2.24, 2.45) is 4.99 Å². The highest BCUT2D eigenvalue weighted by Crippen LogP contribution is 2.19. The zero-order chi connectivity index (χ0) is 17.5. The third-order valence-electron chi connectivity index (χ3n) is 4.07. The first kappa shape index (κ1) is 21.3. The molecule has 1 saturated heterocycles. The van der Waals surface area contributed by atoms with E-state index in [1.165, 1.54) is 27.6 Å². The first-order valence-electron chi connectivity index (χ1n) is 8.52. The second-order valence-electron chi connectivity index (χ2n) is 5.91. The molecule has 1 fully saturated rings. The van der Waals surface area contributed by atoms with Gasteiger partial charge < -0.3 is 15.5 Å². The van der Waals surface area contributed by atoms with Crippen molar-refractivity contribution in [3.8, 4) is 0 Å². The number of anilines is 1. The van der Waals surface area contributed by atoms with Crippen molar-refractivity contribution in [1.82, 2.24) is 15.6 Å². The van der Waals surface area contributed by atoms with E-state index >= 15 is 0 Å². The summed E-state index contributed by atoms with van der Waals surface area (Å²) in [5, 5.41) is 7.74. The molecule has 2 N–H and O–H groups in total. The minimum absolute atomic E-state index is 0. The summed E-state index contributed by atoms with van der Waals surface area (Å²) in [6.45, 7) is 5.82. The molecule has 0 unspecified atom stereocenters.